The average Bonchev–Trinajstić information content (AvgIpc) is 2.84. The molecule has 0 amide bonds. The molecule has 1 saturated carbocycles. The fourth-order valence-electron chi connectivity index (χ4n) is 3.98. The van der Waals surface area contributed by atoms with Crippen molar-refractivity contribution in [2.45, 2.75) is 37.0 Å². The highest BCUT2D eigenvalue weighted by molar-refractivity contribution is 7.89. The molecule has 1 aliphatic carbocycles. The van der Waals surface area contributed by atoms with Crippen molar-refractivity contribution in [2.75, 3.05) is 19.0 Å². The van der Waals surface area contributed by atoms with Crippen molar-refractivity contribution in [3.63, 3.8) is 0 Å². The van der Waals surface area contributed by atoms with Gasteiger partial charge in [-0.05, 0) is 61.2 Å². The van der Waals surface area contributed by atoms with E-state index in [-0.39, 0.29) is 16.6 Å². The highest BCUT2D eigenvalue weighted by atomic mass is 32.2. The van der Waals surface area contributed by atoms with E-state index in [0.29, 0.717) is 29.4 Å². The Morgan fingerprint density at radius 1 is 1.09 bits per heavy atom. The Hall–Kier alpha value is -3.04. The molecule has 0 spiro atoms. The number of hydrogen-bond donors (Lipinski definition) is 2. The molecule has 7 nitrogen and oxygen atoms in total. The number of rotatable bonds is 8. The lowest BCUT2D eigenvalue weighted by Crippen LogP contribution is -2.30. The third-order valence-corrected chi connectivity index (χ3v) is 7.21. The Kier molecular flexibility index (Phi) is 7.20. The van der Waals surface area contributed by atoms with E-state index in [2.05, 4.69) is 20.0 Å². The molecule has 4 rings (SSSR count). The van der Waals surface area contributed by atoms with Gasteiger partial charge in [0, 0.05) is 24.0 Å². The van der Waals surface area contributed by atoms with Gasteiger partial charge < -0.3 is 10.1 Å². The molecular weight excluding hydrogens is 443 g/mol. The van der Waals surface area contributed by atoms with E-state index in [1.165, 1.54) is 25.7 Å². The molecule has 1 aliphatic rings. The lowest BCUT2D eigenvalue weighted by Gasteiger charge is -2.21. The summed E-state index contributed by atoms with van der Waals surface area (Å²) < 4.78 is 47.4. The standard InChI is InChI=1S/C24H27FN4O3S/c1-32-23-11-10-18(14-21(23)25)22-12-13-26-24(29-22)28-19-8-5-9-20(15-19)33(30,31)27-16-17-6-3-2-4-7-17/h5,8-15,17,27H,2-4,6-7,16H2,1H3,(H,26,28,29). The first kappa shape index (κ1) is 23.1. The van der Waals surface area contributed by atoms with Gasteiger partial charge >= 0.3 is 0 Å². The van der Waals surface area contributed by atoms with Crippen LogP contribution in [0, 0.1) is 11.7 Å². The number of aromatic nitrogens is 2. The van der Waals surface area contributed by atoms with E-state index >= 15 is 0 Å². The fraction of sp³-hybridized carbons (Fsp3) is 0.333. The van der Waals surface area contributed by atoms with Crippen LogP contribution in [0.15, 0.2) is 59.6 Å². The van der Waals surface area contributed by atoms with E-state index in [0.717, 1.165) is 25.7 Å². The van der Waals surface area contributed by atoms with Gasteiger partial charge in [0.15, 0.2) is 11.6 Å². The number of benzene rings is 2. The van der Waals surface area contributed by atoms with E-state index in [9.17, 15) is 12.8 Å². The Morgan fingerprint density at radius 2 is 1.91 bits per heavy atom. The molecule has 0 saturated heterocycles. The molecule has 0 radical (unpaired) electrons. The van der Waals surface area contributed by atoms with Gasteiger partial charge in [-0.1, -0.05) is 25.3 Å². The number of methoxy groups -OCH3 is 1. The van der Waals surface area contributed by atoms with Gasteiger partial charge in [-0.3, -0.25) is 0 Å². The number of hydrogen-bond acceptors (Lipinski definition) is 6. The number of sulfonamides is 1. The molecule has 1 heterocycles. The SMILES string of the molecule is COc1ccc(-c2ccnc(Nc3cccc(S(=O)(=O)NCC4CCCCC4)c3)n2)cc1F. The minimum absolute atomic E-state index is 0.154. The lowest BCUT2D eigenvalue weighted by molar-refractivity contribution is 0.357. The molecule has 9 heteroatoms. The van der Waals surface area contributed by atoms with Crippen LogP contribution in [0.5, 0.6) is 5.75 Å². The summed E-state index contributed by atoms with van der Waals surface area (Å²) in [5.41, 5.74) is 1.63. The molecule has 3 aromatic rings. The predicted octanol–water partition coefficient (Wildman–Crippen LogP) is 4.89. The molecule has 1 fully saturated rings. The summed E-state index contributed by atoms with van der Waals surface area (Å²) in [6.07, 6.45) is 7.24. The monoisotopic (exact) mass is 470 g/mol. The van der Waals surface area contributed by atoms with Gasteiger partial charge in [0.2, 0.25) is 16.0 Å². The van der Waals surface area contributed by atoms with Gasteiger partial charge in [-0.2, -0.15) is 0 Å². The smallest absolute Gasteiger partial charge is 0.240 e. The van der Waals surface area contributed by atoms with Crippen molar-refractivity contribution in [1.82, 2.24) is 14.7 Å². The van der Waals surface area contributed by atoms with Gasteiger partial charge in [0.1, 0.15) is 0 Å². The lowest BCUT2D eigenvalue weighted by atomic mass is 9.90. The minimum atomic E-state index is -3.62. The van der Waals surface area contributed by atoms with Crippen LogP contribution in [-0.4, -0.2) is 32.0 Å². The van der Waals surface area contributed by atoms with Gasteiger partial charge in [0.05, 0.1) is 17.7 Å². The van der Waals surface area contributed by atoms with Crippen LogP contribution in [0.3, 0.4) is 0 Å². The first-order chi connectivity index (χ1) is 15.9. The topological polar surface area (TPSA) is 93.2 Å². The van der Waals surface area contributed by atoms with E-state index in [4.69, 9.17) is 4.74 Å². The van der Waals surface area contributed by atoms with Crippen LogP contribution in [0.1, 0.15) is 32.1 Å². The number of ether oxygens (including phenoxy) is 1. The maximum Gasteiger partial charge on any atom is 0.240 e. The molecule has 1 aromatic heterocycles. The van der Waals surface area contributed by atoms with Crippen molar-refractivity contribution < 1.29 is 17.5 Å². The number of nitrogens with zero attached hydrogens (tertiary/aromatic N) is 2. The summed E-state index contributed by atoms with van der Waals surface area (Å²) in [6.45, 7) is 0.462. The number of halogens is 1. The average molecular weight is 471 g/mol. The third kappa shape index (κ3) is 5.85. The van der Waals surface area contributed by atoms with Gasteiger partial charge in [-0.15, -0.1) is 0 Å². The van der Waals surface area contributed by atoms with E-state index in [1.54, 1.807) is 42.6 Å². The predicted molar refractivity (Wildman–Crippen MR) is 125 cm³/mol. The molecular formula is C24H27FN4O3S. The second-order valence-corrected chi connectivity index (χ2v) is 9.89. The van der Waals surface area contributed by atoms with Crippen molar-refractivity contribution >= 4 is 21.7 Å². The Morgan fingerprint density at radius 3 is 2.67 bits per heavy atom. The summed E-state index contributed by atoms with van der Waals surface area (Å²) >= 11 is 0. The minimum Gasteiger partial charge on any atom is -0.494 e. The van der Waals surface area contributed by atoms with E-state index < -0.39 is 15.8 Å². The molecule has 0 bridgehead atoms. The van der Waals surface area contributed by atoms with Crippen LogP contribution >= 0.6 is 0 Å². The fourth-order valence-corrected chi connectivity index (χ4v) is 5.14. The molecule has 0 unspecified atom stereocenters. The largest absolute Gasteiger partial charge is 0.494 e. The van der Waals surface area contributed by atoms with Crippen LogP contribution in [0.2, 0.25) is 0 Å². The first-order valence-corrected chi connectivity index (χ1v) is 12.5. The maximum absolute atomic E-state index is 14.1. The molecule has 0 atom stereocenters. The van der Waals surface area contributed by atoms with Gasteiger partial charge in [0.25, 0.3) is 0 Å². The summed E-state index contributed by atoms with van der Waals surface area (Å²) in [6, 6.07) is 12.8. The maximum atomic E-state index is 14.1. The Labute approximate surface area is 193 Å². The highest BCUT2D eigenvalue weighted by Gasteiger charge is 2.19. The van der Waals surface area contributed by atoms with Gasteiger partial charge in [-0.25, -0.2) is 27.5 Å². The van der Waals surface area contributed by atoms with Crippen molar-refractivity contribution in [1.29, 1.82) is 0 Å². The third-order valence-electron chi connectivity index (χ3n) is 5.79. The van der Waals surface area contributed by atoms with Crippen molar-refractivity contribution in [3.8, 4) is 17.0 Å². The molecule has 0 aliphatic heterocycles. The highest BCUT2D eigenvalue weighted by Crippen LogP contribution is 2.26. The van der Waals surface area contributed by atoms with Crippen LogP contribution in [0.4, 0.5) is 16.0 Å². The molecule has 2 aromatic carbocycles. The second kappa shape index (κ2) is 10.3. The number of nitrogens with one attached hydrogen (secondary N) is 2. The Bertz CT molecular complexity index is 1210. The van der Waals surface area contributed by atoms with Crippen molar-refractivity contribution in [2.24, 2.45) is 5.92 Å². The summed E-state index contributed by atoms with van der Waals surface area (Å²) in [5, 5.41) is 3.04. The summed E-state index contributed by atoms with van der Waals surface area (Å²) in [7, 11) is -2.21. The quantitative estimate of drug-likeness (QED) is 0.487. The number of anilines is 2. The zero-order valence-electron chi connectivity index (χ0n) is 18.4. The Balaban J connectivity index is 1.48. The molecule has 33 heavy (non-hydrogen) atoms. The molecule has 2 N–H and O–H groups in total. The van der Waals surface area contributed by atoms with Crippen LogP contribution in [-0.2, 0) is 10.0 Å². The summed E-state index contributed by atoms with van der Waals surface area (Å²) in [5.74, 6) is 0.338. The normalized spacial score (nSPS) is 14.7. The zero-order valence-corrected chi connectivity index (χ0v) is 19.2. The second-order valence-electron chi connectivity index (χ2n) is 8.12. The van der Waals surface area contributed by atoms with Crippen molar-refractivity contribution in [3.05, 3.63) is 60.5 Å². The summed E-state index contributed by atoms with van der Waals surface area (Å²) in [4.78, 5) is 8.81. The zero-order chi connectivity index (χ0) is 23.3. The van der Waals surface area contributed by atoms with Crippen LogP contribution in [0.25, 0.3) is 11.3 Å². The van der Waals surface area contributed by atoms with Crippen LogP contribution < -0.4 is 14.8 Å². The first-order valence-electron chi connectivity index (χ1n) is 11.0. The van der Waals surface area contributed by atoms with E-state index in [1.807, 2.05) is 0 Å². The molecule has 174 valence electrons.